The third-order valence-electron chi connectivity index (χ3n) is 5.05. The molecule has 1 aliphatic heterocycles. The van der Waals surface area contributed by atoms with E-state index in [1.165, 1.54) is 33.8 Å². The highest BCUT2D eigenvalue weighted by Crippen LogP contribution is 2.24. The van der Waals surface area contributed by atoms with Gasteiger partial charge in [0.1, 0.15) is 5.01 Å². The van der Waals surface area contributed by atoms with Crippen molar-refractivity contribution in [2.75, 3.05) is 26.2 Å². The SMILES string of the molecule is O=C(Cc1csc(-c2cccnc2)n1)N1CCN(S(=O)(=O)c2cccc([N+](=O)[O-])c2)CC1. The first-order valence-corrected chi connectivity index (χ1v) is 12.0. The van der Waals surface area contributed by atoms with E-state index >= 15 is 0 Å². The van der Waals surface area contributed by atoms with Crippen LogP contribution in [0.25, 0.3) is 10.6 Å². The average Bonchev–Trinajstić information content (AvgIpc) is 3.28. The maximum absolute atomic E-state index is 12.9. The largest absolute Gasteiger partial charge is 0.340 e. The monoisotopic (exact) mass is 473 g/mol. The number of sulfonamides is 1. The van der Waals surface area contributed by atoms with Crippen molar-refractivity contribution >= 4 is 33.0 Å². The molecule has 32 heavy (non-hydrogen) atoms. The second-order valence-corrected chi connectivity index (χ2v) is 9.90. The van der Waals surface area contributed by atoms with Gasteiger partial charge in [-0.25, -0.2) is 13.4 Å². The molecule has 0 unspecified atom stereocenters. The summed E-state index contributed by atoms with van der Waals surface area (Å²) in [6, 6.07) is 8.70. The molecule has 0 saturated carbocycles. The summed E-state index contributed by atoms with van der Waals surface area (Å²) in [4.78, 5) is 33.1. The molecule has 0 spiro atoms. The Morgan fingerprint density at radius 1 is 1.16 bits per heavy atom. The van der Waals surface area contributed by atoms with Crippen LogP contribution < -0.4 is 0 Å². The van der Waals surface area contributed by atoms with E-state index in [2.05, 4.69) is 9.97 Å². The summed E-state index contributed by atoms with van der Waals surface area (Å²) in [5, 5.41) is 13.6. The first-order chi connectivity index (χ1) is 15.3. The Labute approximate surface area is 188 Å². The van der Waals surface area contributed by atoms with Crippen molar-refractivity contribution in [3.63, 3.8) is 0 Å². The van der Waals surface area contributed by atoms with Crippen molar-refractivity contribution in [3.8, 4) is 10.6 Å². The van der Waals surface area contributed by atoms with E-state index in [-0.39, 0.29) is 49.1 Å². The van der Waals surface area contributed by atoms with Crippen LogP contribution >= 0.6 is 11.3 Å². The lowest BCUT2D eigenvalue weighted by Crippen LogP contribution is -2.50. The van der Waals surface area contributed by atoms with Crippen LogP contribution in [0.3, 0.4) is 0 Å². The van der Waals surface area contributed by atoms with E-state index in [0.29, 0.717) is 5.69 Å². The van der Waals surface area contributed by atoms with Crippen LogP contribution in [0.5, 0.6) is 0 Å². The molecule has 1 aromatic carbocycles. The Hall–Kier alpha value is -3.22. The summed E-state index contributed by atoms with van der Waals surface area (Å²) in [5.74, 6) is -0.125. The maximum Gasteiger partial charge on any atom is 0.270 e. The molecule has 0 aliphatic carbocycles. The highest BCUT2D eigenvalue weighted by Gasteiger charge is 2.31. The molecular weight excluding hydrogens is 454 g/mol. The van der Waals surface area contributed by atoms with Crippen LogP contribution in [0.4, 0.5) is 5.69 Å². The number of carbonyl (C=O) groups is 1. The number of hydrogen-bond acceptors (Lipinski definition) is 8. The number of rotatable bonds is 6. The lowest BCUT2D eigenvalue weighted by Gasteiger charge is -2.34. The first kappa shape index (κ1) is 22.0. The third-order valence-corrected chi connectivity index (χ3v) is 7.88. The maximum atomic E-state index is 12.9. The summed E-state index contributed by atoms with van der Waals surface area (Å²) >= 11 is 1.44. The average molecular weight is 474 g/mol. The molecule has 2 aromatic heterocycles. The molecule has 0 atom stereocenters. The lowest BCUT2D eigenvalue weighted by atomic mass is 10.2. The van der Waals surface area contributed by atoms with Crippen LogP contribution in [0, 0.1) is 10.1 Å². The normalized spacial score (nSPS) is 14.9. The zero-order chi connectivity index (χ0) is 22.7. The van der Waals surface area contributed by atoms with Crippen molar-refractivity contribution in [2.45, 2.75) is 11.3 Å². The predicted molar refractivity (Wildman–Crippen MR) is 117 cm³/mol. The van der Waals surface area contributed by atoms with Gasteiger partial charge in [-0.3, -0.25) is 19.9 Å². The number of benzene rings is 1. The number of non-ortho nitro benzene ring substituents is 1. The molecule has 166 valence electrons. The Morgan fingerprint density at radius 3 is 2.62 bits per heavy atom. The molecular formula is C20H19N5O5S2. The lowest BCUT2D eigenvalue weighted by molar-refractivity contribution is -0.385. The summed E-state index contributed by atoms with van der Waals surface area (Å²) in [6.45, 7) is 0.725. The molecule has 3 aromatic rings. The van der Waals surface area contributed by atoms with Crippen molar-refractivity contribution in [1.82, 2.24) is 19.2 Å². The molecule has 10 nitrogen and oxygen atoms in total. The minimum Gasteiger partial charge on any atom is -0.340 e. The number of nitrogens with zero attached hydrogens (tertiary/aromatic N) is 5. The van der Waals surface area contributed by atoms with E-state index in [1.807, 2.05) is 17.5 Å². The van der Waals surface area contributed by atoms with Gasteiger partial charge < -0.3 is 4.90 Å². The van der Waals surface area contributed by atoms with Crippen LogP contribution in [0.1, 0.15) is 5.69 Å². The number of aromatic nitrogens is 2. The topological polar surface area (TPSA) is 127 Å². The van der Waals surface area contributed by atoms with Gasteiger partial charge in [0, 0.05) is 61.6 Å². The Morgan fingerprint density at radius 2 is 1.94 bits per heavy atom. The van der Waals surface area contributed by atoms with Gasteiger partial charge in [-0.1, -0.05) is 6.07 Å². The van der Waals surface area contributed by atoms with E-state index in [9.17, 15) is 23.3 Å². The summed E-state index contributed by atoms with van der Waals surface area (Å²) < 4.78 is 27.0. The van der Waals surface area contributed by atoms with Gasteiger partial charge in [0.25, 0.3) is 5.69 Å². The number of carbonyl (C=O) groups excluding carboxylic acids is 1. The molecule has 0 N–H and O–H groups in total. The molecule has 12 heteroatoms. The summed E-state index contributed by atoms with van der Waals surface area (Å²) in [5.41, 5.74) is 1.26. The van der Waals surface area contributed by atoms with Gasteiger partial charge >= 0.3 is 0 Å². The van der Waals surface area contributed by atoms with E-state index < -0.39 is 14.9 Å². The zero-order valence-corrected chi connectivity index (χ0v) is 18.5. The van der Waals surface area contributed by atoms with Gasteiger partial charge in [0.2, 0.25) is 15.9 Å². The Bertz CT molecular complexity index is 1240. The predicted octanol–water partition coefficient (Wildman–Crippen LogP) is 2.19. The van der Waals surface area contributed by atoms with Gasteiger partial charge in [-0.15, -0.1) is 11.3 Å². The van der Waals surface area contributed by atoms with Gasteiger partial charge in [-0.2, -0.15) is 4.31 Å². The molecule has 1 amide bonds. The number of piperazine rings is 1. The fourth-order valence-electron chi connectivity index (χ4n) is 3.36. The van der Waals surface area contributed by atoms with E-state index in [0.717, 1.165) is 16.6 Å². The smallest absolute Gasteiger partial charge is 0.270 e. The third kappa shape index (κ3) is 4.66. The van der Waals surface area contributed by atoms with Crippen LogP contribution in [0.15, 0.2) is 59.1 Å². The van der Waals surface area contributed by atoms with Crippen LogP contribution in [-0.2, 0) is 21.2 Å². The highest BCUT2D eigenvalue weighted by molar-refractivity contribution is 7.89. The minimum atomic E-state index is -3.88. The van der Waals surface area contributed by atoms with Crippen LogP contribution in [-0.4, -0.2) is 64.6 Å². The number of hydrogen-bond donors (Lipinski definition) is 0. The number of nitro groups is 1. The Kier molecular flexibility index (Phi) is 6.26. The number of pyridine rings is 1. The molecule has 1 saturated heterocycles. The molecule has 1 fully saturated rings. The second kappa shape index (κ2) is 9.10. The molecule has 0 radical (unpaired) electrons. The fraction of sp³-hybridized carbons (Fsp3) is 0.250. The molecule has 0 bridgehead atoms. The first-order valence-electron chi connectivity index (χ1n) is 9.72. The van der Waals surface area contributed by atoms with E-state index in [4.69, 9.17) is 0 Å². The summed E-state index contributed by atoms with van der Waals surface area (Å²) in [6.07, 6.45) is 3.53. The fourth-order valence-corrected chi connectivity index (χ4v) is 5.63. The minimum absolute atomic E-state index is 0.120. The van der Waals surface area contributed by atoms with Gasteiger partial charge in [0.05, 0.1) is 21.9 Å². The summed E-state index contributed by atoms with van der Waals surface area (Å²) in [7, 11) is -3.88. The van der Waals surface area contributed by atoms with Crippen LogP contribution in [0.2, 0.25) is 0 Å². The molecule has 1 aliphatic rings. The van der Waals surface area contributed by atoms with Gasteiger partial charge in [-0.05, 0) is 18.2 Å². The van der Waals surface area contributed by atoms with Gasteiger partial charge in [0.15, 0.2) is 0 Å². The Balaban J connectivity index is 1.37. The molecule has 3 heterocycles. The second-order valence-electron chi connectivity index (χ2n) is 7.10. The van der Waals surface area contributed by atoms with Crippen molar-refractivity contribution in [3.05, 3.63) is 70.0 Å². The molecule has 4 rings (SSSR count). The zero-order valence-electron chi connectivity index (χ0n) is 16.8. The van der Waals surface area contributed by atoms with E-state index in [1.54, 1.807) is 17.3 Å². The van der Waals surface area contributed by atoms with Crippen molar-refractivity contribution in [2.24, 2.45) is 0 Å². The quantitative estimate of drug-likeness (QED) is 0.397. The van der Waals surface area contributed by atoms with Crippen molar-refractivity contribution in [1.29, 1.82) is 0 Å². The van der Waals surface area contributed by atoms with Crippen molar-refractivity contribution < 1.29 is 18.1 Å². The number of thiazole rings is 1. The number of amides is 1. The standard InChI is InChI=1S/C20H19N5O5S2/c26-19(11-16-14-31-20(22-16)15-3-2-6-21-13-15)23-7-9-24(10-8-23)32(29,30)18-5-1-4-17(12-18)25(27)28/h1-6,12-14H,7-11H2. The number of nitro benzene ring substituents is 1. The highest BCUT2D eigenvalue weighted by atomic mass is 32.2.